The molecule has 2 unspecified atom stereocenters. The Hall–Kier alpha value is -2.80. The van der Waals surface area contributed by atoms with Gasteiger partial charge < -0.3 is 25.1 Å². The number of aryl methyl sites for hydroxylation is 1. The molecule has 0 aliphatic rings. The number of rotatable bonds is 11. The van der Waals surface area contributed by atoms with Gasteiger partial charge in [-0.2, -0.15) is 5.26 Å². The van der Waals surface area contributed by atoms with E-state index in [2.05, 4.69) is 16.4 Å². The van der Waals surface area contributed by atoms with E-state index in [1.807, 2.05) is 13.8 Å². The third-order valence-electron chi connectivity index (χ3n) is 4.42. The minimum Gasteiger partial charge on any atom is -0.492 e. The van der Waals surface area contributed by atoms with E-state index in [0.717, 1.165) is 0 Å². The van der Waals surface area contributed by atoms with Crippen LogP contribution >= 0.6 is 11.3 Å². The molecule has 8 nitrogen and oxygen atoms in total. The molecule has 31 heavy (non-hydrogen) atoms. The van der Waals surface area contributed by atoms with Crippen LogP contribution in [-0.2, 0) is 4.79 Å². The highest BCUT2D eigenvalue weighted by molar-refractivity contribution is 7.17. The molecule has 166 valence electrons. The Kier molecular flexibility index (Phi) is 9.12. The van der Waals surface area contributed by atoms with Crippen molar-refractivity contribution in [1.29, 1.82) is 5.26 Å². The van der Waals surface area contributed by atoms with Crippen molar-refractivity contribution in [1.82, 2.24) is 10.3 Å². The van der Waals surface area contributed by atoms with E-state index in [1.165, 1.54) is 11.3 Å². The van der Waals surface area contributed by atoms with Gasteiger partial charge in [0.15, 0.2) is 0 Å². The van der Waals surface area contributed by atoms with Gasteiger partial charge in [-0.25, -0.2) is 4.98 Å². The zero-order valence-corrected chi connectivity index (χ0v) is 18.6. The molecule has 0 spiro atoms. The molecule has 2 aromatic rings. The summed E-state index contributed by atoms with van der Waals surface area (Å²) >= 11 is 1.17. The van der Waals surface area contributed by atoms with Crippen LogP contribution in [0.3, 0.4) is 0 Å². The van der Waals surface area contributed by atoms with Crippen LogP contribution in [0.25, 0.3) is 10.6 Å². The van der Waals surface area contributed by atoms with Crippen molar-refractivity contribution in [2.75, 3.05) is 13.2 Å². The first kappa shape index (κ1) is 24.5. The Morgan fingerprint density at radius 3 is 2.74 bits per heavy atom. The maximum Gasteiger partial charge on any atom is 0.263 e. The van der Waals surface area contributed by atoms with Gasteiger partial charge in [0.2, 0.25) is 0 Å². The third-order valence-corrected chi connectivity index (χ3v) is 5.63. The minimum atomic E-state index is -0.932. The molecular weight excluding hydrogens is 418 g/mol. The molecule has 0 aliphatic carbocycles. The molecule has 3 N–H and O–H groups in total. The lowest BCUT2D eigenvalue weighted by molar-refractivity contribution is -0.109. The van der Waals surface area contributed by atoms with Crippen LogP contribution in [0.15, 0.2) is 18.2 Å². The Morgan fingerprint density at radius 1 is 1.39 bits per heavy atom. The molecule has 1 aromatic carbocycles. The summed E-state index contributed by atoms with van der Waals surface area (Å²) < 4.78 is 5.68. The summed E-state index contributed by atoms with van der Waals surface area (Å²) in [7, 11) is 0. The number of aliphatic hydroxyl groups excluding tert-OH is 2. The van der Waals surface area contributed by atoms with Gasteiger partial charge in [0.25, 0.3) is 5.91 Å². The molecule has 0 fully saturated rings. The maximum absolute atomic E-state index is 12.6. The van der Waals surface area contributed by atoms with Crippen molar-refractivity contribution < 1.29 is 24.5 Å². The molecule has 0 bridgehead atoms. The Labute approximate surface area is 185 Å². The van der Waals surface area contributed by atoms with Crippen LogP contribution in [0.4, 0.5) is 0 Å². The highest BCUT2D eigenvalue weighted by atomic mass is 32.1. The minimum absolute atomic E-state index is 0.190. The largest absolute Gasteiger partial charge is 0.492 e. The summed E-state index contributed by atoms with van der Waals surface area (Å²) in [5.41, 5.74) is 1.59. The number of benzene rings is 1. The number of carbonyl (C=O) groups excluding carboxylic acids is 2. The van der Waals surface area contributed by atoms with Crippen molar-refractivity contribution in [2.24, 2.45) is 5.92 Å². The SMILES string of the molecule is Cc1nc(-c2ccc(OCC(C)C)c(C#N)c2)sc1C(=O)NC(C=O)CCC(O)CO. The zero-order chi connectivity index (χ0) is 23.0. The predicted octanol–water partition coefficient (Wildman–Crippen LogP) is 2.46. The topological polar surface area (TPSA) is 133 Å². The highest BCUT2D eigenvalue weighted by Gasteiger charge is 2.20. The Morgan fingerprint density at radius 2 is 2.13 bits per heavy atom. The van der Waals surface area contributed by atoms with E-state index in [0.29, 0.717) is 51.3 Å². The number of aliphatic hydroxyl groups is 2. The second-order valence-electron chi connectivity index (χ2n) is 7.59. The predicted molar refractivity (Wildman–Crippen MR) is 117 cm³/mol. The fourth-order valence-corrected chi connectivity index (χ4v) is 3.70. The number of thiazole rings is 1. The fraction of sp³-hybridized carbons (Fsp3) is 0.455. The normalized spacial score (nSPS) is 12.8. The van der Waals surface area contributed by atoms with Gasteiger partial charge in [-0.1, -0.05) is 13.8 Å². The van der Waals surface area contributed by atoms with E-state index in [1.54, 1.807) is 25.1 Å². The average molecular weight is 446 g/mol. The number of aldehydes is 1. The number of nitrogens with zero attached hydrogens (tertiary/aromatic N) is 2. The van der Waals surface area contributed by atoms with Crippen LogP contribution in [0.5, 0.6) is 5.75 Å². The smallest absolute Gasteiger partial charge is 0.263 e. The molecule has 1 amide bonds. The zero-order valence-electron chi connectivity index (χ0n) is 17.8. The van der Waals surface area contributed by atoms with Gasteiger partial charge in [0.1, 0.15) is 28.0 Å². The van der Waals surface area contributed by atoms with Crippen molar-refractivity contribution >= 4 is 23.5 Å². The van der Waals surface area contributed by atoms with Crippen LogP contribution in [-0.4, -0.2) is 52.7 Å². The second-order valence-corrected chi connectivity index (χ2v) is 8.59. The lowest BCUT2D eigenvalue weighted by Gasteiger charge is -2.14. The molecular formula is C22H27N3O5S. The van der Waals surface area contributed by atoms with Crippen molar-refractivity contribution in [3.05, 3.63) is 34.3 Å². The number of amides is 1. The number of nitriles is 1. The fourth-order valence-electron chi connectivity index (χ4n) is 2.73. The molecule has 0 saturated heterocycles. The summed E-state index contributed by atoms with van der Waals surface area (Å²) in [6.45, 7) is 5.85. The number of nitrogens with one attached hydrogen (secondary N) is 1. The number of hydrogen-bond donors (Lipinski definition) is 3. The van der Waals surface area contributed by atoms with Gasteiger partial charge in [-0.15, -0.1) is 11.3 Å². The molecule has 0 aliphatic heterocycles. The third kappa shape index (κ3) is 6.85. The summed E-state index contributed by atoms with van der Waals surface area (Å²) in [5.74, 6) is 0.398. The number of aromatic nitrogens is 1. The van der Waals surface area contributed by atoms with Gasteiger partial charge in [0, 0.05) is 5.56 Å². The van der Waals surface area contributed by atoms with E-state index in [4.69, 9.17) is 9.84 Å². The summed E-state index contributed by atoms with van der Waals surface area (Å²) in [6, 6.07) is 6.55. The summed E-state index contributed by atoms with van der Waals surface area (Å²) in [4.78, 5) is 28.7. The monoisotopic (exact) mass is 445 g/mol. The van der Waals surface area contributed by atoms with Crippen LogP contribution in [0.2, 0.25) is 0 Å². The second kappa shape index (κ2) is 11.6. The molecule has 1 heterocycles. The number of ether oxygens (including phenoxy) is 1. The summed E-state index contributed by atoms with van der Waals surface area (Å²) in [5, 5.41) is 31.0. The Balaban J connectivity index is 2.17. The molecule has 1 aromatic heterocycles. The van der Waals surface area contributed by atoms with E-state index in [9.17, 15) is 20.0 Å². The molecule has 2 atom stereocenters. The molecule has 9 heteroatoms. The standard InChI is InChI=1S/C22H27N3O5S/c1-13(2)12-30-19-7-4-15(8-16(19)9-23)22-24-14(3)20(31-22)21(29)25-17(10-26)5-6-18(28)11-27/h4,7-8,10,13,17-18,27-28H,5-6,11-12H2,1-3H3,(H,25,29). The van der Waals surface area contributed by atoms with Gasteiger partial charge in [-0.3, -0.25) is 4.79 Å². The first-order chi connectivity index (χ1) is 14.8. The van der Waals surface area contributed by atoms with Gasteiger partial charge in [0.05, 0.1) is 36.6 Å². The Bertz CT molecular complexity index is 951. The van der Waals surface area contributed by atoms with Gasteiger partial charge in [-0.05, 0) is 43.9 Å². The quantitative estimate of drug-likeness (QED) is 0.453. The first-order valence-electron chi connectivity index (χ1n) is 9.98. The van der Waals surface area contributed by atoms with E-state index >= 15 is 0 Å². The maximum atomic E-state index is 12.6. The van der Waals surface area contributed by atoms with Crippen LogP contribution in [0.1, 0.15) is 47.6 Å². The van der Waals surface area contributed by atoms with Gasteiger partial charge >= 0.3 is 0 Å². The van der Waals surface area contributed by atoms with E-state index < -0.39 is 24.7 Å². The molecule has 0 saturated carbocycles. The first-order valence-corrected chi connectivity index (χ1v) is 10.8. The van der Waals surface area contributed by atoms with Crippen molar-refractivity contribution in [2.45, 2.75) is 45.8 Å². The highest BCUT2D eigenvalue weighted by Crippen LogP contribution is 2.31. The number of carbonyl (C=O) groups is 2. The lowest BCUT2D eigenvalue weighted by atomic mass is 10.1. The molecule has 0 radical (unpaired) electrons. The average Bonchev–Trinajstić information content (AvgIpc) is 3.16. The summed E-state index contributed by atoms with van der Waals surface area (Å²) in [6.07, 6.45) is 0.0761. The molecule has 2 rings (SSSR count). The van der Waals surface area contributed by atoms with Crippen LogP contribution in [0, 0.1) is 24.2 Å². The lowest BCUT2D eigenvalue weighted by Crippen LogP contribution is -2.36. The van der Waals surface area contributed by atoms with E-state index in [-0.39, 0.29) is 12.8 Å². The van der Waals surface area contributed by atoms with Crippen LogP contribution < -0.4 is 10.1 Å². The van der Waals surface area contributed by atoms with Crippen molar-refractivity contribution in [3.8, 4) is 22.4 Å². The number of hydrogen-bond acceptors (Lipinski definition) is 8. The van der Waals surface area contributed by atoms with Crippen molar-refractivity contribution in [3.63, 3.8) is 0 Å².